The highest BCUT2D eigenvalue weighted by atomic mass is 19.1. The van der Waals surface area contributed by atoms with Gasteiger partial charge >= 0.3 is 0 Å². The Labute approximate surface area is 123 Å². The SMILES string of the molecule is O=C1COc2c(cc(F)cc2NC(=O)c2ccccc2F)N1. The van der Waals surface area contributed by atoms with Crippen LogP contribution in [-0.2, 0) is 4.79 Å². The molecule has 2 aromatic rings. The average Bonchev–Trinajstić information content (AvgIpc) is 2.46. The van der Waals surface area contributed by atoms with E-state index in [1.165, 1.54) is 18.2 Å². The maximum Gasteiger partial charge on any atom is 0.262 e. The molecule has 0 fully saturated rings. The highest BCUT2D eigenvalue weighted by Crippen LogP contribution is 2.36. The lowest BCUT2D eigenvalue weighted by atomic mass is 10.1. The first-order chi connectivity index (χ1) is 10.5. The first kappa shape index (κ1) is 14.0. The number of hydrogen-bond acceptors (Lipinski definition) is 3. The number of carbonyl (C=O) groups is 2. The summed E-state index contributed by atoms with van der Waals surface area (Å²) in [5, 5.41) is 4.82. The zero-order valence-electron chi connectivity index (χ0n) is 11.2. The molecule has 0 spiro atoms. The average molecular weight is 304 g/mol. The van der Waals surface area contributed by atoms with Crippen molar-refractivity contribution in [3.63, 3.8) is 0 Å². The van der Waals surface area contributed by atoms with E-state index in [1.807, 2.05) is 0 Å². The summed E-state index contributed by atoms with van der Waals surface area (Å²) in [4.78, 5) is 23.3. The van der Waals surface area contributed by atoms with Crippen molar-refractivity contribution in [3.05, 3.63) is 53.6 Å². The molecule has 1 aliphatic heterocycles. The number of amides is 2. The molecule has 0 aromatic heterocycles. The lowest BCUT2D eigenvalue weighted by Crippen LogP contribution is -2.26. The van der Waals surface area contributed by atoms with E-state index in [1.54, 1.807) is 0 Å². The van der Waals surface area contributed by atoms with Gasteiger partial charge in [0.25, 0.3) is 11.8 Å². The van der Waals surface area contributed by atoms with Crippen molar-refractivity contribution in [2.75, 3.05) is 17.2 Å². The molecule has 1 heterocycles. The molecule has 1 aliphatic rings. The van der Waals surface area contributed by atoms with Crippen LogP contribution in [0.4, 0.5) is 20.2 Å². The van der Waals surface area contributed by atoms with Crippen LogP contribution in [0.2, 0.25) is 0 Å². The molecule has 112 valence electrons. The minimum atomic E-state index is -0.744. The van der Waals surface area contributed by atoms with E-state index in [0.29, 0.717) is 0 Å². The smallest absolute Gasteiger partial charge is 0.262 e. The maximum absolute atomic E-state index is 13.6. The van der Waals surface area contributed by atoms with E-state index in [9.17, 15) is 18.4 Å². The monoisotopic (exact) mass is 304 g/mol. The van der Waals surface area contributed by atoms with Crippen LogP contribution in [0.1, 0.15) is 10.4 Å². The van der Waals surface area contributed by atoms with Gasteiger partial charge in [-0.25, -0.2) is 8.78 Å². The van der Waals surface area contributed by atoms with Gasteiger partial charge in [-0.05, 0) is 12.1 Å². The van der Waals surface area contributed by atoms with Crippen LogP contribution in [0.25, 0.3) is 0 Å². The molecule has 7 heteroatoms. The summed E-state index contributed by atoms with van der Waals surface area (Å²) in [5.41, 5.74) is -0.0521. The molecule has 3 rings (SSSR count). The first-order valence-electron chi connectivity index (χ1n) is 6.36. The van der Waals surface area contributed by atoms with Crippen LogP contribution >= 0.6 is 0 Å². The Bertz CT molecular complexity index is 777. The summed E-state index contributed by atoms with van der Waals surface area (Å²) in [6.07, 6.45) is 0. The molecule has 0 unspecified atom stereocenters. The van der Waals surface area contributed by atoms with Crippen molar-refractivity contribution in [2.45, 2.75) is 0 Å². The third-order valence-electron chi connectivity index (χ3n) is 3.04. The van der Waals surface area contributed by atoms with Crippen LogP contribution < -0.4 is 15.4 Å². The molecule has 5 nitrogen and oxygen atoms in total. The fraction of sp³-hybridized carbons (Fsp3) is 0.0667. The standard InChI is InChI=1S/C15H10F2N2O3/c16-8-5-11-14(22-7-13(20)18-11)12(6-8)19-15(21)9-3-1-2-4-10(9)17/h1-6H,7H2,(H,18,20)(H,19,21). The number of rotatable bonds is 2. The van der Waals surface area contributed by atoms with Crippen LogP contribution in [0, 0.1) is 11.6 Å². The minimum Gasteiger partial charge on any atom is -0.479 e. The van der Waals surface area contributed by atoms with E-state index < -0.39 is 23.4 Å². The predicted octanol–water partition coefficient (Wildman–Crippen LogP) is 2.55. The molecule has 2 N–H and O–H groups in total. The summed E-state index contributed by atoms with van der Waals surface area (Å²) in [6, 6.07) is 7.52. The molecule has 0 radical (unpaired) electrons. The number of fused-ring (bicyclic) bond motifs is 1. The van der Waals surface area contributed by atoms with Crippen molar-refractivity contribution in [1.82, 2.24) is 0 Å². The van der Waals surface area contributed by atoms with Gasteiger partial charge < -0.3 is 15.4 Å². The van der Waals surface area contributed by atoms with Crippen LogP contribution in [-0.4, -0.2) is 18.4 Å². The zero-order chi connectivity index (χ0) is 15.7. The molecular formula is C15H10F2N2O3. The third kappa shape index (κ3) is 2.60. The van der Waals surface area contributed by atoms with Gasteiger partial charge in [-0.2, -0.15) is 0 Å². The Balaban J connectivity index is 1.94. The van der Waals surface area contributed by atoms with Crippen molar-refractivity contribution >= 4 is 23.2 Å². The van der Waals surface area contributed by atoms with Crippen molar-refractivity contribution in [2.24, 2.45) is 0 Å². The summed E-state index contributed by atoms with van der Waals surface area (Å²) >= 11 is 0. The second kappa shape index (κ2) is 5.44. The first-order valence-corrected chi connectivity index (χ1v) is 6.36. The molecule has 0 saturated heterocycles. The van der Waals surface area contributed by atoms with E-state index in [2.05, 4.69) is 10.6 Å². The Morgan fingerprint density at radius 2 is 2.00 bits per heavy atom. The van der Waals surface area contributed by atoms with Crippen molar-refractivity contribution in [1.29, 1.82) is 0 Å². The maximum atomic E-state index is 13.6. The molecule has 2 aromatic carbocycles. The Morgan fingerprint density at radius 3 is 2.77 bits per heavy atom. The van der Waals surface area contributed by atoms with E-state index >= 15 is 0 Å². The molecule has 0 saturated carbocycles. The molecule has 0 bridgehead atoms. The van der Waals surface area contributed by atoms with Crippen LogP contribution in [0.3, 0.4) is 0 Å². The van der Waals surface area contributed by atoms with Gasteiger partial charge in [0, 0.05) is 12.1 Å². The molecule has 2 amide bonds. The lowest BCUT2D eigenvalue weighted by Gasteiger charge is -2.21. The van der Waals surface area contributed by atoms with Gasteiger partial charge in [0.1, 0.15) is 11.6 Å². The fourth-order valence-electron chi connectivity index (χ4n) is 2.09. The summed E-state index contributed by atoms with van der Waals surface area (Å²) in [6.45, 7) is -0.249. The fourth-order valence-corrected chi connectivity index (χ4v) is 2.09. The van der Waals surface area contributed by atoms with E-state index in [0.717, 1.165) is 18.2 Å². The van der Waals surface area contributed by atoms with Gasteiger partial charge in [-0.1, -0.05) is 12.1 Å². The van der Waals surface area contributed by atoms with Gasteiger partial charge in [-0.3, -0.25) is 9.59 Å². The number of benzene rings is 2. The summed E-state index contributed by atoms with van der Waals surface area (Å²) < 4.78 is 32.4. The predicted molar refractivity (Wildman–Crippen MR) is 74.9 cm³/mol. The van der Waals surface area contributed by atoms with E-state index in [-0.39, 0.29) is 29.3 Å². The van der Waals surface area contributed by atoms with Crippen LogP contribution in [0.15, 0.2) is 36.4 Å². The number of anilines is 2. The molecule has 0 aliphatic carbocycles. The topological polar surface area (TPSA) is 67.4 Å². The quantitative estimate of drug-likeness (QED) is 0.896. The van der Waals surface area contributed by atoms with Crippen LogP contribution in [0.5, 0.6) is 5.75 Å². The molecule has 22 heavy (non-hydrogen) atoms. The highest BCUT2D eigenvalue weighted by molar-refractivity contribution is 6.06. The van der Waals surface area contributed by atoms with Gasteiger partial charge in [0.05, 0.1) is 16.9 Å². The highest BCUT2D eigenvalue weighted by Gasteiger charge is 2.22. The van der Waals surface area contributed by atoms with Gasteiger partial charge in [0.2, 0.25) is 0 Å². The number of carbonyl (C=O) groups excluding carboxylic acids is 2. The summed E-state index contributed by atoms with van der Waals surface area (Å²) in [7, 11) is 0. The second-order valence-electron chi connectivity index (χ2n) is 4.60. The van der Waals surface area contributed by atoms with E-state index in [4.69, 9.17) is 4.74 Å². The van der Waals surface area contributed by atoms with Gasteiger partial charge in [0.15, 0.2) is 12.4 Å². The summed E-state index contributed by atoms with van der Waals surface area (Å²) in [5.74, 6) is -2.41. The van der Waals surface area contributed by atoms with Gasteiger partial charge in [-0.15, -0.1) is 0 Å². The molecular weight excluding hydrogens is 294 g/mol. The Kier molecular flexibility index (Phi) is 3.46. The number of hydrogen-bond donors (Lipinski definition) is 2. The lowest BCUT2D eigenvalue weighted by molar-refractivity contribution is -0.118. The van der Waals surface area contributed by atoms with Crippen molar-refractivity contribution < 1.29 is 23.1 Å². The Hall–Kier alpha value is -2.96. The zero-order valence-corrected chi connectivity index (χ0v) is 11.2. The number of halogens is 2. The largest absolute Gasteiger partial charge is 0.479 e. The second-order valence-corrected chi connectivity index (χ2v) is 4.60. The minimum absolute atomic E-state index is 0.0169. The molecule has 0 atom stereocenters. The number of nitrogens with one attached hydrogen (secondary N) is 2. The Morgan fingerprint density at radius 1 is 1.23 bits per heavy atom. The normalized spacial score (nSPS) is 12.9. The third-order valence-corrected chi connectivity index (χ3v) is 3.04. The number of ether oxygens (including phenoxy) is 1. The van der Waals surface area contributed by atoms with Crippen molar-refractivity contribution in [3.8, 4) is 5.75 Å².